The van der Waals surface area contributed by atoms with Gasteiger partial charge in [-0.1, -0.05) is 6.92 Å². The lowest BCUT2D eigenvalue weighted by molar-refractivity contribution is 0.0950. The van der Waals surface area contributed by atoms with Gasteiger partial charge in [0.1, 0.15) is 9.71 Å². The van der Waals surface area contributed by atoms with Crippen LogP contribution in [0.2, 0.25) is 0 Å². The summed E-state index contributed by atoms with van der Waals surface area (Å²) < 4.78 is 0. The fraction of sp³-hybridized carbons (Fsp3) is 0.417. The van der Waals surface area contributed by atoms with E-state index in [2.05, 4.69) is 15.5 Å². The van der Waals surface area contributed by atoms with Gasteiger partial charge in [-0.3, -0.25) is 4.79 Å². The minimum Gasteiger partial charge on any atom is -0.397 e. The molecular formula is C12H16N4O2S. The Balaban J connectivity index is 2.11. The second kappa shape index (κ2) is 5.94. The SMILES string of the molecule is CC(CCO)CNC(=O)c1sc2nnccc2c1N. The molecule has 19 heavy (non-hydrogen) atoms. The van der Waals surface area contributed by atoms with Crippen molar-refractivity contribution in [3.8, 4) is 0 Å². The van der Waals surface area contributed by atoms with Crippen molar-refractivity contribution in [3.05, 3.63) is 17.1 Å². The number of nitrogens with two attached hydrogens (primary N) is 1. The van der Waals surface area contributed by atoms with Gasteiger partial charge in [0.15, 0.2) is 0 Å². The van der Waals surface area contributed by atoms with Gasteiger partial charge in [-0.2, -0.15) is 5.10 Å². The van der Waals surface area contributed by atoms with Crippen LogP contribution < -0.4 is 11.1 Å². The van der Waals surface area contributed by atoms with Crippen molar-refractivity contribution >= 4 is 33.1 Å². The summed E-state index contributed by atoms with van der Waals surface area (Å²) in [5, 5.41) is 20.1. The molecule has 2 heterocycles. The number of anilines is 1. The normalized spacial score (nSPS) is 12.5. The molecule has 6 nitrogen and oxygen atoms in total. The predicted molar refractivity (Wildman–Crippen MR) is 75.0 cm³/mol. The first kappa shape index (κ1) is 13.7. The van der Waals surface area contributed by atoms with E-state index in [-0.39, 0.29) is 18.4 Å². The Labute approximate surface area is 114 Å². The molecule has 102 valence electrons. The van der Waals surface area contributed by atoms with Gasteiger partial charge in [-0.25, -0.2) is 0 Å². The first-order chi connectivity index (χ1) is 9.13. The van der Waals surface area contributed by atoms with Crippen LogP contribution in [-0.4, -0.2) is 34.4 Å². The number of hydrogen-bond donors (Lipinski definition) is 3. The lowest BCUT2D eigenvalue weighted by atomic mass is 10.1. The van der Waals surface area contributed by atoms with Crippen LogP contribution >= 0.6 is 11.3 Å². The molecule has 2 aromatic rings. The molecule has 1 unspecified atom stereocenters. The zero-order valence-electron chi connectivity index (χ0n) is 10.6. The van der Waals surface area contributed by atoms with Crippen LogP contribution in [0, 0.1) is 5.92 Å². The first-order valence-corrected chi connectivity index (χ1v) is 6.83. The van der Waals surface area contributed by atoms with Gasteiger partial charge in [0, 0.05) is 18.5 Å². The van der Waals surface area contributed by atoms with Crippen molar-refractivity contribution in [2.24, 2.45) is 5.92 Å². The molecule has 0 aliphatic heterocycles. The molecular weight excluding hydrogens is 264 g/mol. The third-order valence-corrected chi connectivity index (χ3v) is 3.96. The molecule has 0 saturated carbocycles. The number of nitrogens with one attached hydrogen (secondary N) is 1. The number of nitrogen functional groups attached to an aromatic ring is 1. The second-order valence-corrected chi connectivity index (χ2v) is 5.42. The number of thiophene rings is 1. The maximum atomic E-state index is 12.1. The average Bonchev–Trinajstić information content (AvgIpc) is 2.74. The molecule has 2 rings (SSSR count). The largest absolute Gasteiger partial charge is 0.397 e. The van der Waals surface area contributed by atoms with Crippen LogP contribution in [0.25, 0.3) is 10.2 Å². The minimum atomic E-state index is -0.203. The topological polar surface area (TPSA) is 101 Å². The number of fused-ring (bicyclic) bond motifs is 1. The fourth-order valence-electron chi connectivity index (χ4n) is 1.71. The van der Waals surface area contributed by atoms with Crippen LogP contribution in [0.15, 0.2) is 12.3 Å². The molecule has 1 atom stereocenters. The number of rotatable bonds is 5. The number of aliphatic hydroxyl groups excluding tert-OH is 1. The summed E-state index contributed by atoms with van der Waals surface area (Å²) in [6.45, 7) is 2.60. The van der Waals surface area contributed by atoms with Gasteiger partial charge in [-0.15, -0.1) is 16.4 Å². The molecule has 0 spiro atoms. The van der Waals surface area contributed by atoms with E-state index in [1.54, 1.807) is 12.3 Å². The molecule has 0 bridgehead atoms. The van der Waals surface area contributed by atoms with Gasteiger partial charge in [0.25, 0.3) is 5.91 Å². The zero-order chi connectivity index (χ0) is 13.8. The third kappa shape index (κ3) is 2.99. The summed E-state index contributed by atoms with van der Waals surface area (Å²) in [4.78, 5) is 13.2. The Morgan fingerprint density at radius 2 is 2.42 bits per heavy atom. The highest BCUT2D eigenvalue weighted by molar-refractivity contribution is 7.21. The summed E-state index contributed by atoms with van der Waals surface area (Å²) >= 11 is 1.24. The predicted octanol–water partition coefficient (Wildman–Crippen LogP) is 1.02. The highest BCUT2D eigenvalue weighted by Crippen LogP contribution is 2.31. The molecule has 0 saturated heterocycles. The van der Waals surface area contributed by atoms with E-state index >= 15 is 0 Å². The van der Waals surface area contributed by atoms with Crippen LogP contribution in [0.3, 0.4) is 0 Å². The summed E-state index contributed by atoms with van der Waals surface area (Å²) in [5.74, 6) is 0.0228. The monoisotopic (exact) mass is 280 g/mol. The fourth-order valence-corrected chi connectivity index (χ4v) is 2.67. The molecule has 0 aliphatic rings. The average molecular weight is 280 g/mol. The summed E-state index contributed by atoms with van der Waals surface area (Å²) in [6.07, 6.45) is 2.21. The van der Waals surface area contributed by atoms with E-state index in [1.165, 1.54) is 11.3 Å². The lowest BCUT2D eigenvalue weighted by Gasteiger charge is -2.10. The van der Waals surface area contributed by atoms with E-state index < -0.39 is 0 Å². The van der Waals surface area contributed by atoms with E-state index in [1.807, 2.05) is 6.92 Å². The van der Waals surface area contributed by atoms with Crippen molar-refractivity contribution in [3.63, 3.8) is 0 Å². The highest BCUT2D eigenvalue weighted by atomic mass is 32.1. The quantitative estimate of drug-likeness (QED) is 0.759. The number of carbonyl (C=O) groups is 1. The number of hydrogen-bond acceptors (Lipinski definition) is 6. The van der Waals surface area contributed by atoms with Gasteiger partial charge in [0.2, 0.25) is 0 Å². The van der Waals surface area contributed by atoms with Crippen LogP contribution in [0.1, 0.15) is 23.0 Å². The molecule has 0 fully saturated rings. The Kier molecular flexibility index (Phi) is 4.28. The Bertz CT molecular complexity index is 584. The number of aliphatic hydroxyl groups is 1. The maximum absolute atomic E-state index is 12.1. The number of aromatic nitrogens is 2. The summed E-state index contributed by atoms with van der Waals surface area (Å²) in [7, 11) is 0. The zero-order valence-corrected chi connectivity index (χ0v) is 11.4. The van der Waals surface area contributed by atoms with Crippen LogP contribution in [0.4, 0.5) is 5.69 Å². The summed E-state index contributed by atoms with van der Waals surface area (Å²) in [5.41, 5.74) is 6.39. The van der Waals surface area contributed by atoms with Crippen molar-refractivity contribution in [2.45, 2.75) is 13.3 Å². The molecule has 7 heteroatoms. The Morgan fingerprint density at radius 1 is 1.63 bits per heavy atom. The number of carbonyl (C=O) groups excluding carboxylic acids is 1. The molecule has 2 aromatic heterocycles. The molecule has 0 aromatic carbocycles. The second-order valence-electron chi connectivity index (χ2n) is 4.42. The van der Waals surface area contributed by atoms with Crippen molar-refractivity contribution < 1.29 is 9.90 Å². The van der Waals surface area contributed by atoms with Gasteiger partial charge >= 0.3 is 0 Å². The summed E-state index contributed by atoms with van der Waals surface area (Å²) in [6, 6.07) is 1.75. The van der Waals surface area contributed by atoms with Crippen molar-refractivity contribution in [1.82, 2.24) is 15.5 Å². The molecule has 4 N–H and O–H groups in total. The van der Waals surface area contributed by atoms with Crippen LogP contribution in [0.5, 0.6) is 0 Å². The molecule has 0 aliphatic carbocycles. The highest BCUT2D eigenvalue weighted by Gasteiger charge is 2.17. The standard InChI is InChI=1S/C12H16N4O2S/c1-7(3-5-17)6-14-11(18)10-9(13)8-2-4-15-16-12(8)19-10/h2,4,7,17H,3,5-6,13H2,1H3,(H,14,18). The first-order valence-electron chi connectivity index (χ1n) is 6.02. The Hall–Kier alpha value is -1.73. The third-order valence-electron chi connectivity index (χ3n) is 2.86. The van der Waals surface area contributed by atoms with Gasteiger partial charge < -0.3 is 16.2 Å². The van der Waals surface area contributed by atoms with Gasteiger partial charge in [-0.05, 0) is 18.4 Å². The van der Waals surface area contributed by atoms with E-state index in [0.29, 0.717) is 28.4 Å². The van der Waals surface area contributed by atoms with Crippen molar-refractivity contribution in [1.29, 1.82) is 0 Å². The molecule has 0 radical (unpaired) electrons. The minimum absolute atomic E-state index is 0.123. The van der Waals surface area contributed by atoms with Crippen LogP contribution in [-0.2, 0) is 0 Å². The van der Waals surface area contributed by atoms with Crippen molar-refractivity contribution in [2.75, 3.05) is 18.9 Å². The number of amides is 1. The molecule has 1 amide bonds. The number of nitrogens with zero attached hydrogens (tertiary/aromatic N) is 2. The Morgan fingerprint density at radius 3 is 3.11 bits per heavy atom. The smallest absolute Gasteiger partial charge is 0.263 e. The lowest BCUT2D eigenvalue weighted by Crippen LogP contribution is -2.28. The van der Waals surface area contributed by atoms with E-state index in [9.17, 15) is 4.79 Å². The maximum Gasteiger partial charge on any atom is 0.263 e. The van der Waals surface area contributed by atoms with Gasteiger partial charge in [0.05, 0.1) is 11.9 Å². The van der Waals surface area contributed by atoms with E-state index in [0.717, 1.165) is 5.39 Å². The van der Waals surface area contributed by atoms with E-state index in [4.69, 9.17) is 10.8 Å².